The molecule has 2 rings (SSSR count). The van der Waals surface area contributed by atoms with Crippen molar-refractivity contribution in [2.45, 2.75) is 24.8 Å². The topological polar surface area (TPSA) is 170 Å². The van der Waals surface area contributed by atoms with Gasteiger partial charge in [0.25, 0.3) is 10.2 Å². The molecule has 1 aromatic heterocycles. The molecule has 2 N–H and O–H groups in total. The van der Waals surface area contributed by atoms with E-state index < -0.39 is 34.0 Å². The van der Waals surface area contributed by atoms with Crippen molar-refractivity contribution in [1.29, 1.82) is 0 Å². The molecule has 0 saturated carbocycles. The molecule has 1 heterocycles. The summed E-state index contributed by atoms with van der Waals surface area (Å²) in [5.74, 6) is -0.0422. The molecule has 0 radical (unpaired) electrons. The van der Waals surface area contributed by atoms with Crippen LogP contribution >= 0.6 is 33.2 Å². The molecular formula is C13H13ClN4O8S2. The van der Waals surface area contributed by atoms with Crippen molar-refractivity contribution >= 4 is 44.2 Å². The van der Waals surface area contributed by atoms with Gasteiger partial charge >= 0.3 is 11.1 Å². The molecule has 1 atom stereocenters. The number of aromatic amines is 2. The quantitative estimate of drug-likeness (QED) is 0.248. The summed E-state index contributed by atoms with van der Waals surface area (Å²) < 4.78 is 0. The normalized spacial score (nSPS) is 12.0. The van der Waals surface area contributed by atoms with Crippen LogP contribution in [0.1, 0.15) is 11.1 Å². The summed E-state index contributed by atoms with van der Waals surface area (Å²) in [5.41, 5.74) is 0.253. The number of aryl methyl sites for hydroxylation is 1. The van der Waals surface area contributed by atoms with Crippen molar-refractivity contribution in [1.82, 2.24) is 9.97 Å². The Labute approximate surface area is 168 Å². The number of benzene rings is 1. The zero-order chi connectivity index (χ0) is 21.0. The van der Waals surface area contributed by atoms with E-state index in [9.17, 15) is 29.8 Å². The first-order valence-corrected chi connectivity index (χ1v) is 10.1. The standard InChI is InChI=1S/C13H13ClN4O8S2/c1-5-8(14)6(2)11(10-9(5)15-12(19)13(20)16-10)28-27-4-7(26-18(23)24)3-25-17(21)22/h7H,3-4H2,1-2H3,(H,15,19)(H,16,20). The Hall–Kier alpha value is -2.45. The summed E-state index contributed by atoms with van der Waals surface area (Å²) in [4.78, 5) is 58.1. The lowest BCUT2D eigenvalue weighted by atomic mass is 10.1. The maximum Gasteiger partial charge on any atom is 0.314 e. The second kappa shape index (κ2) is 9.16. The fourth-order valence-corrected chi connectivity index (χ4v) is 5.08. The van der Waals surface area contributed by atoms with Crippen molar-refractivity contribution in [3.8, 4) is 0 Å². The van der Waals surface area contributed by atoms with Gasteiger partial charge in [0, 0.05) is 15.7 Å². The second-order valence-corrected chi connectivity index (χ2v) is 8.12. The van der Waals surface area contributed by atoms with Gasteiger partial charge < -0.3 is 19.6 Å². The van der Waals surface area contributed by atoms with Gasteiger partial charge in [0.05, 0.1) is 11.0 Å². The molecule has 0 aliphatic heterocycles. The van der Waals surface area contributed by atoms with Crippen LogP contribution in [0.5, 0.6) is 0 Å². The van der Waals surface area contributed by atoms with Crippen molar-refractivity contribution in [2.75, 3.05) is 12.4 Å². The van der Waals surface area contributed by atoms with Crippen molar-refractivity contribution in [3.05, 3.63) is 57.1 Å². The molecule has 15 heteroatoms. The number of fused-ring (bicyclic) bond motifs is 1. The van der Waals surface area contributed by atoms with Gasteiger partial charge in [-0.15, -0.1) is 20.2 Å². The highest BCUT2D eigenvalue weighted by Crippen LogP contribution is 2.41. The largest absolute Gasteiger partial charge is 0.316 e. The van der Waals surface area contributed by atoms with E-state index in [1.54, 1.807) is 13.8 Å². The smallest absolute Gasteiger partial charge is 0.314 e. The van der Waals surface area contributed by atoms with Crippen molar-refractivity contribution in [2.24, 2.45) is 0 Å². The van der Waals surface area contributed by atoms with Crippen LogP contribution in [-0.4, -0.2) is 38.6 Å². The van der Waals surface area contributed by atoms with Gasteiger partial charge in [-0.2, -0.15) is 0 Å². The van der Waals surface area contributed by atoms with Gasteiger partial charge in [-0.05, 0) is 25.0 Å². The molecule has 1 unspecified atom stereocenters. The summed E-state index contributed by atoms with van der Waals surface area (Å²) in [6.45, 7) is 2.77. The van der Waals surface area contributed by atoms with Gasteiger partial charge in [0.1, 0.15) is 12.7 Å². The van der Waals surface area contributed by atoms with Gasteiger partial charge in [0.2, 0.25) is 0 Å². The molecule has 0 bridgehead atoms. The van der Waals surface area contributed by atoms with Crippen molar-refractivity contribution < 1.29 is 19.8 Å². The van der Waals surface area contributed by atoms with Gasteiger partial charge in [-0.3, -0.25) is 9.59 Å². The summed E-state index contributed by atoms with van der Waals surface area (Å²) in [7, 11) is 2.19. The average molecular weight is 453 g/mol. The fraction of sp³-hybridized carbons (Fsp3) is 0.385. The van der Waals surface area contributed by atoms with E-state index in [-0.39, 0.29) is 5.75 Å². The maximum absolute atomic E-state index is 11.7. The van der Waals surface area contributed by atoms with Gasteiger partial charge in [-0.25, -0.2) is 0 Å². The number of hydrogen-bond acceptors (Lipinski definition) is 10. The van der Waals surface area contributed by atoms with E-state index >= 15 is 0 Å². The van der Waals surface area contributed by atoms with E-state index in [0.29, 0.717) is 32.1 Å². The molecule has 2 aromatic rings. The third-order valence-corrected chi connectivity index (χ3v) is 6.66. The van der Waals surface area contributed by atoms with Crippen LogP contribution in [0.4, 0.5) is 0 Å². The Kier molecular flexibility index (Phi) is 7.15. The number of hydrogen-bond donors (Lipinski definition) is 2. The Morgan fingerprint density at radius 1 is 1.07 bits per heavy atom. The van der Waals surface area contributed by atoms with E-state index in [1.807, 2.05) is 0 Å². The van der Waals surface area contributed by atoms with Crippen LogP contribution in [-0.2, 0) is 9.68 Å². The molecule has 0 amide bonds. The third-order valence-electron chi connectivity index (χ3n) is 3.53. The first-order valence-electron chi connectivity index (χ1n) is 7.44. The molecule has 1 aromatic carbocycles. The molecule has 0 aliphatic rings. The number of nitrogens with zero attached hydrogens (tertiary/aromatic N) is 2. The molecule has 12 nitrogen and oxygen atoms in total. The Morgan fingerprint density at radius 3 is 2.25 bits per heavy atom. The Bertz CT molecular complexity index is 1040. The molecule has 0 fully saturated rings. The van der Waals surface area contributed by atoms with E-state index in [1.165, 1.54) is 0 Å². The zero-order valence-electron chi connectivity index (χ0n) is 14.3. The molecule has 0 saturated heterocycles. The van der Waals surface area contributed by atoms with Crippen LogP contribution < -0.4 is 11.1 Å². The van der Waals surface area contributed by atoms with Crippen LogP contribution in [0.15, 0.2) is 14.5 Å². The average Bonchev–Trinajstić information content (AvgIpc) is 2.61. The lowest BCUT2D eigenvalue weighted by Crippen LogP contribution is -2.29. The minimum absolute atomic E-state index is 0.0422. The highest BCUT2D eigenvalue weighted by atomic mass is 35.5. The molecule has 152 valence electrons. The molecule has 28 heavy (non-hydrogen) atoms. The lowest BCUT2D eigenvalue weighted by molar-refractivity contribution is -0.788. The minimum Gasteiger partial charge on any atom is -0.316 e. The Morgan fingerprint density at radius 2 is 1.68 bits per heavy atom. The molecule has 0 spiro atoms. The van der Waals surface area contributed by atoms with Crippen LogP contribution in [0.3, 0.4) is 0 Å². The van der Waals surface area contributed by atoms with Crippen LogP contribution in [0.2, 0.25) is 5.02 Å². The molecule has 0 aliphatic carbocycles. The number of halogens is 1. The highest BCUT2D eigenvalue weighted by molar-refractivity contribution is 8.76. The zero-order valence-corrected chi connectivity index (χ0v) is 16.7. The molecular weight excluding hydrogens is 440 g/mol. The predicted octanol–water partition coefficient (Wildman–Crippen LogP) is 2.01. The monoisotopic (exact) mass is 452 g/mol. The first kappa shape index (κ1) is 21.8. The summed E-state index contributed by atoms with van der Waals surface area (Å²) in [6, 6.07) is 0. The summed E-state index contributed by atoms with van der Waals surface area (Å²) in [5, 5.41) is 19.0. The number of aromatic nitrogens is 2. The van der Waals surface area contributed by atoms with E-state index in [4.69, 9.17) is 11.6 Å². The fourth-order valence-electron chi connectivity index (χ4n) is 2.24. The minimum atomic E-state index is -1.19. The first-order chi connectivity index (χ1) is 13.1. The number of rotatable bonds is 9. The lowest BCUT2D eigenvalue weighted by Gasteiger charge is -2.15. The SMILES string of the molecule is Cc1c(Cl)c(C)c2[nH]c(=O)c(=O)[nH]c2c1SSCC(CO[N+](=O)[O-])O[N+](=O)[O-]. The highest BCUT2D eigenvalue weighted by Gasteiger charge is 2.19. The van der Waals surface area contributed by atoms with Crippen molar-refractivity contribution in [3.63, 3.8) is 0 Å². The maximum atomic E-state index is 11.7. The van der Waals surface area contributed by atoms with Gasteiger partial charge in [-0.1, -0.05) is 33.2 Å². The number of H-pyrrole nitrogens is 2. The van der Waals surface area contributed by atoms with E-state index in [2.05, 4.69) is 19.6 Å². The number of nitrogens with one attached hydrogen (secondary N) is 2. The Balaban J connectivity index is 2.29. The third kappa shape index (κ3) is 5.08. The summed E-state index contributed by atoms with van der Waals surface area (Å²) in [6.07, 6.45) is -1.19. The predicted molar refractivity (Wildman–Crippen MR) is 103 cm³/mol. The van der Waals surface area contributed by atoms with Crippen LogP contribution in [0.25, 0.3) is 11.0 Å². The van der Waals surface area contributed by atoms with Crippen LogP contribution in [0, 0.1) is 34.1 Å². The van der Waals surface area contributed by atoms with E-state index in [0.717, 1.165) is 21.6 Å². The summed E-state index contributed by atoms with van der Waals surface area (Å²) >= 11 is 6.30. The van der Waals surface area contributed by atoms with Gasteiger partial charge in [0.15, 0.2) is 0 Å². The second-order valence-electron chi connectivity index (χ2n) is 5.39.